The first-order chi connectivity index (χ1) is 7.36. The van der Waals surface area contributed by atoms with Crippen molar-refractivity contribution in [3.8, 4) is 0 Å². The highest BCUT2D eigenvalue weighted by molar-refractivity contribution is 4.97. The number of nitrogens with zero attached hydrogens (tertiary/aromatic N) is 1. The van der Waals surface area contributed by atoms with Crippen molar-refractivity contribution in [2.75, 3.05) is 33.2 Å². The number of hydrogen-bond acceptors (Lipinski definition) is 4. The first-order valence-electron chi connectivity index (χ1n) is 5.50. The van der Waals surface area contributed by atoms with Crippen LogP contribution in [0.4, 0.5) is 0 Å². The van der Waals surface area contributed by atoms with Gasteiger partial charge in [0, 0.05) is 32.2 Å². The minimum atomic E-state index is 0.591. The van der Waals surface area contributed by atoms with E-state index in [0.717, 1.165) is 38.5 Å². The summed E-state index contributed by atoms with van der Waals surface area (Å²) >= 11 is 0. The standard InChI is InChI=1S/C11H19N3O/c1-14-5-4-12-7-10(14)8-13-9-11-3-2-6-15-11/h2-3,6,10,12-13H,4-5,7-9H2,1H3. The minimum absolute atomic E-state index is 0.591. The van der Waals surface area contributed by atoms with Crippen LogP contribution >= 0.6 is 0 Å². The second kappa shape index (κ2) is 5.30. The molecular formula is C11H19N3O. The number of piperazine rings is 1. The first kappa shape index (κ1) is 10.7. The summed E-state index contributed by atoms with van der Waals surface area (Å²) < 4.78 is 5.26. The summed E-state index contributed by atoms with van der Waals surface area (Å²) in [6.07, 6.45) is 1.71. The van der Waals surface area contributed by atoms with E-state index < -0.39 is 0 Å². The fraction of sp³-hybridized carbons (Fsp3) is 0.636. The van der Waals surface area contributed by atoms with E-state index in [9.17, 15) is 0 Å². The zero-order valence-electron chi connectivity index (χ0n) is 9.20. The number of furan rings is 1. The highest BCUT2D eigenvalue weighted by Gasteiger charge is 2.17. The van der Waals surface area contributed by atoms with E-state index >= 15 is 0 Å². The SMILES string of the molecule is CN1CCNCC1CNCc1ccco1. The Morgan fingerprint density at radius 1 is 1.67 bits per heavy atom. The lowest BCUT2D eigenvalue weighted by atomic mass is 10.2. The van der Waals surface area contributed by atoms with Gasteiger partial charge in [-0.3, -0.25) is 4.90 Å². The number of rotatable bonds is 4. The Morgan fingerprint density at radius 3 is 3.33 bits per heavy atom. The van der Waals surface area contributed by atoms with E-state index in [2.05, 4.69) is 22.6 Å². The molecule has 0 radical (unpaired) electrons. The Labute approximate surface area is 90.6 Å². The van der Waals surface area contributed by atoms with Crippen LogP contribution in [0.3, 0.4) is 0 Å². The second-order valence-electron chi connectivity index (χ2n) is 4.05. The monoisotopic (exact) mass is 209 g/mol. The van der Waals surface area contributed by atoms with Crippen molar-refractivity contribution in [1.82, 2.24) is 15.5 Å². The van der Waals surface area contributed by atoms with Crippen molar-refractivity contribution < 1.29 is 4.42 Å². The third-order valence-electron chi connectivity index (χ3n) is 2.90. The normalized spacial score (nSPS) is 23.1. The largest absolute Gasteiger partial charge is 0.468 e. The van der Waals surface area contributed by atoms with Gasteiger partial charge in [-0.1, -0.05) is 0 Å². The highest BCUT2D eigenvalue weighted by Crippen LogP contribution is 2.01. The van der Waals surface area contributed by atoms with Gasteiger partial charge in [0.2, 0.25) is 0 Å². The molecule has 0 spiro atoms. The van der Waals surface area contributed by atoms with Crippen LogP contribution in [0.25, 0.3) is 0 Å². The minimum Gasteiger partial charge on any atom is -0.468 e. The van der Waals surface area contributed by atoms with Gasteiger partial charge in [-0.2, -0.15) is 0 Å². The average molecular weight is 209 g/mol. The van der Waals surface area contributed by atoms with Gasteiger partial charge in [0.1, 0.15) is 5.76 Å². The fourth-order valence-corrected chi connectivity index (χ4v) is 1.87. The molecule has 0 aliphatic carbocycles. The molecule has 1 fully saturated rings. The maximum Gasteiger partial charge on any atom is 0.117 e. The van der Waals surface area contributed by atoms with Crippen molar-refractivity contribution >= 4 is 0 Å². The van der Waals surface area contributed by atoms with Crippen LogP contribution in [0.5, 0.6) is 0 Å². The summed E-state index contributed by atoms with van der Waals surface area (Å²) in [5.41, 5.74) is 0. The van der Waals surface area contributed by atoms with E-state index in [1.54, 1.807) is 6.26 Å². The average Bonchev–Trinajstić information content (AvgIpc) is 2.74. The van der Waals surface area contributed by atoms with Gasteiger partial charge >= 0.3 is 0 Å². The molecule has 1 unspecified atom stereocenters. The maximum absolute atomic E-state index is 5.26. The van der Waals surface area contributed by atoms with E-state index in [-0.39, 0.29) is 0 Å². The van der Waals surface area contributed by atoms with E-state index in [1.165, 1.54) is 0 Å². The number of hydrogen-bond donors (Lipinski definition) is 2. The lowest BCUT2D eigenvalue weighted by Crippen LogP contribution is -2.53. The van der Waals surface area contributed by atoms with Crippen LogP contribution in [-0.4, -0.2) is 44.2 Å². The smallest absolute Gasteiger partial charge is 0.117 e. The molecule has 0 saturated carbocycles. The van der Waals surface area contributed by atoms with Crippen LogP contribution in [0.1, 0.15) is 5.76 Å². The summed E-state index contributed by atoms with van der Waals surface area (Å²) in [7, 11) is 2.18. The number of likely N-dealkylation sites (N-methyl/N-ethyl adjacent to an activating group) is 1. The maximum atomic E-state index is 5.26. The van der Waals surface area contributed by atoms with E-state index in [4.69, 9.17) is 4.42 Å². The predicted molar refractivity (Wildman–Crippen MR) is 59.7 cm³/mol. The summed E-state index contributed by atoms with van der Waals surface area (Å²) in [4.78, 5) is 2.39. The molecule has 1 atom stereocenters. The third kappa shape index (κ3) is 3.06. The quantitative estimate of drug-likeness (QED) is 0.747. The van der Waals surface area contributed by atoms with Crippen LogP contribution in [0.2, 0.25) is 0 Å². The van der Waals surface area contributed by atoms with Gasteiger partial charge in [0.05, 0.1) is 12.8 Å². The molecule has 1 aromatic heterocycles. The summed E-state index contributed by atoms with van der Waals surface area (Å²) in [6.45, 7) is 5.13. The van der Waals surface area contributed by atoms with Gasteiger partial charge in [0.25, 0.3) is 0 Å². The zero-order valence-corrected chi connectivity index (χ0v) is 9.20. The molecular weight excluding hydrogens is 190 g/mol. The second-order valence-corrected chi connectivity index (χ2v) is 4.05. The van der Waals surface area contributed by atoms with Crippen molar-refractivity contribution in [3.63, 3.8) is 0 Å². The predicted octanol–water partition coefficient (Wildman–Crippen LogP) is 0.273. The lowest BCUT2D eigenvalue weighted by Gasteiger charge is -2.33. The molecule has 1 aromatic rings. The van der Waals surface area contributed by atoms with Crippen molar-refractivity contribution in [2.24, 2.45) is 0 Å². The molecule has 2 heterocycles. The van der Waals surface area contributed by atoms with Crippen molar-refractivity contribution in [2.45, 2.75) is 12.6 Å². The molecule has 2 N–H and O–H groups in total. The Hall–Kier alpha value is -0.840. The molecule has 1 aliphatic rings. The molecule has 0 aromatic carbocycles. The molecule has 1 saturated heterocycles. The van der Waals surface area contributed by atoms with Gasteiger partial charge < -0.3 is 15.1 Å². The Balaban J connectivity index is 1.68. The van der Waals surface area contributed by atoms with Crippen LogP contribution in [-0.2, 0) is 6.54 Å². The summed E-state index contributed by atoms with van der Waals surface area (Å²) in [6, 6.07) is 4.51. The topological polar surface area (TPSA) is 40.4 Å². The number of nitrogens with one attached hydrogen (secondary N) is 2. The molecule has 0 amide bonds. The fourth-order valence-electron chi connectivity index (χ4n) is 1.87. The highest BCUT2D eigenvalue weighted by atomic mass is 16.3. The summed E-state index contributed by atoms with van der Waals surface area (Å²) in [5, 5.41) is 6.82. The van der Waals surface area contributed by atoms with Crippen molar-refractivity contribution in [1.29, 1.82) is 0 Å². The molecule has 1 aliphatic heterocycles. The molecule has 0 bridgehead atoms. The summed E-state index contributed by atoms with van der Waals surface area (Å²) in [5.74, 6) is 1.00. The molecule has 2 rings (SSSR count). The van der Waals surface area contributed by atoms with Gasteiger partial charge in [0.15, 0.2) is 0 Å². The Morgan fingerprint density at radius 2 is 2.60 bits per heavy atom. The van der Waals surface area contributed by atoms with Gasteiger partial charge in [-0.25, -0.2) is 0 Å². The molecule has 4 heteroatoms. The third-order valence-corrected chi connectivity index (χ3v) is 2.90. The van der Waals surface area contributed by atoms with Crippen LogP contribution in [0, 0.1) is 0 Å². The van der Waals surface area contributed by atoms with E-state index in [0.29, 0.717) is 6.04 Å². The lowest BCUT2D eigenvalue weighted by molar-refractivity contribution is 0.194. The Bertz CT molecular complexity index is 273. The molecule has 15 heavy (non-hydrogen) atoms. The van der Waals surface area contributed by atoms with E-state index in [1.807, 2.05) is 12.1 Å². The van der Waals surface area contributed by atoms with Crippen molar-refractivity contribution in [3.05, 3.63) is 24.2 Å². The Kier molecular flexibility index (Phi) is 3.77. The van der Waals surface area contributed by atoms with Gasteiger partial charge in [-0.15, -0.1) is 0 Å². The van der Waals surface area contributed by atoms with Crippen LogP contribution < -0.4 is 10.6 Å². The zero-order chi connectivity index (χ0) is 10.5. The molecule has 4 nitrogen and oxygen atoms in total. The molecule has 84 valence electrons. The van der Waals surface area contributed by atoms with Crippen LogP contribution in [0.15, 0.2) is 22.8 Å². The first-order valence-corrected chi connectivity index (χ1v) is 5.50. The van der Waals surface area contributed by atoms with Gasteiger partial charge in [-0.05, 0) is 19.2 Å².